The van der Waals surface area contributed by atoms with Crippen molar-refractivity contribution in [2.75, 3.05) is 5.32 Å². The Bertz CT molecular complexity index is 754. The van der Waals surface area contributed by atoms with E-state index in [2.05, 4.69) is 35.4 Å². The van der Waals surface area contributed by atoms with Gasteiger partial charge in [0.2, 0.25) is 0 Å². The summed E-state index contributed by atoms with van der Waals surface area (Å²) in [4.78, 5) is 4.51. The van der Waals surface area contributed by atoms with Gasteiger partial charge in [-0.1, -0.05) is 60.7 Å². The van der Waals surface area contributed by atoms with E-state index in [-0.39, 0.29) is 6.04 Å². The third kappa shape index (κ3) is 3.76. The van der Waals surface area contributed by atoms with E-state index < -0.39 is 0 Å². The van der Waals surface area contributed by atoms with Gasteiger partial charge in [-0.2, -0.15) is 0 Å². The second-order valence-electron chi connectivity index (χ2n) is 5.65. The summed E-state index contributed by atoms with van der Waals surface area (Å²) >= 11 is 0. The number of benzene rings is 2. The predicted octanol–water partition coefficient (Wildman–Crippen LogP) is 4.05. The Labute approximate surface area is 137 Å². The zero-order valence-electron chi connectivity index (χ0n) is 13.2. The third-order valence-electron chi connectivity index (χ3n) is 3.96. The molecule has 2 aromatic carbocycles. The van der Waals surface area contributed by atoms with Gasteiger partial charge in [-0.3, -0.25) is 0 Å². The van der Waals surface area contributed by atoms with Crippen LogP contribution >= 0.6 is 0 Å². The molecule has 3 aromatic rings. The van der Waals surface area contributed by atoms with Crippen LogP contribution in [0.4, 0.5) is 5.82 Å². The number of nitrogens with two attached hydrogens (primary N) is 1. The summed E-state index contributed by atoms with van der Waals surface area (Å²) in [5, 5.41) is 3.36. The molecule has 3 rings (SSSR count). The fraction of sp³-hybridized carbons (Fsp3) is 0.150. The van der Waals surface area contributed by atoms with Crippen molar-refractivity contribution < 1.29 is 0 Å². The topological polar surface area (TPSA) is 50.9 Å². The van der Waals surface area contributed by atoms with Crippen LogP contribution < -0.4 is 11.1 Å². The average Bonchev–Trinajstić information content (AvgIpc) is 2.61. The van der Waals surface area contributed by atoms with Gasteiger partial charge in [-0.15, -0.1) is 0 Å². The molecule has 1 atom stereocenters. The predicted molar refractivity (Wildman–Crippen MR) is 95.2 cm³/mol. The lowest BCUT2D eigenvalue weighted by Crippen LogP contribution is -2.14. The fourth-order valence-electron chi connectivity index (χ4n) is 2.62. The molecule has 0 aliphatic carbocycles. The van der Waals surface area contributed by atoms with Crippen LogP contribution in [0.15, 0.2) is 72.9 Å². The highest BCUT2D eigenvalue weighted by Crippen LogP contribution is 2.23. The highest BCUT2D eigenvalue weighted by molar-refractivity contribution is 5.44. The molecular weight excluding hydrogens is 282 g/mol. The van der Waals surface area contributed by atoms with E-state index in [1.165, 1.54) is 5.56 Å². The minimum Gasteiger partial charge on any atom is -0.366 e. The summed E-state index contributed by atoms with van der Waals surface area (Å²) < 4.78 is 0. The minimum absolute atomic E-state index is 0.146. The molecule has 3 heteroatoms. The summed E-state index contributed by atoms with van der Waals surface area (Å²) in [5.74, 6) is 0.871. The van der Waals surface area contributed by atoms with Gasteiger partial charge < -0.3 is 11.1 Å². The van der Waals surface area contributed by atoms with Gasteiger partial charge in [0.25, 0.3) is 0 Å². The van der Waals surface area contributed by atoms with E-state index in [4.69, 9.17) is 5.73 Å². The van der Waals surface area contributed by atoms with Gasteiger partial charge in [0.15, 0.2) is 0 Å². The van der Waals surface area contributed by atoms with Crippen LogP contribution in [0, 0.1) is 6.92 Å². The molecule has 1 aromatic heterocycles. The lowest BCUT2D eigenvalue weighted by atomic mass is 9.97. The van der Waals surface area contributed by atoms with Gasteiger partial charge in [0.1, 0.15) is 5.82 Å². The summed E-state index contributed by atoms with van der Waals surface area (Å²) in [7, 11) is 0. The summed E-state index contributed by atoms with van der Waals surface area (Å²) in [6.07, 6.45) is 1.88. The van der Waals surface area contributed by atoms with Gasteiger partial charge in [0, 0.05) is 12.7 Å². The van der Waals surface area contributed by atoms with Crippen LogP contribution in [0.25, 0.3) is 0 Å². The maximum Gasteiger partial charge on any atom is 0.126 e. The number of anilines is 1. The molecule has 0 bridgehead atoms. The highest BCUT2D eigenvalue weighted by Gasteiger charge is 2.12. The number of hydrogen-bond donors (Lipinski definition) is 2. The zero-order valence-corrected chi connectivity index (χ0v) is 13.2. The molecule has 116 valence electrons. The molecule has 0 unspecified atom stereocenters. The summed E-state index contributed by atoms with van der Waals surface area (Å²) in [6, 6.07) is 22.3. The molecule has 0 saturated heterocycles. The molecule has 0 radical (unpaired) electrons. The van der Waals surface area contributed by atoms with Crippen molar-refractivity contribution in [2.45, 2.75) is 19.5 Å². The molecule has 0 fully saturated rings. The molecule has 0 aliphatic heterocycles. The number of hydrogen-bond acceptors (Lipinski definition) is 3. The monoisotopic (exact) mass is 303 g/mol. The molecule has 3 nitrogen and oxygen atoms in total. The first-order chi connectivity index (χ1) is 11.2. The Morgan fingerprint density at radius 1 is 1.00 bits per heavy atom. The maximum atomic E-state index is 6.37. The van der Waals surface area contributed by atoms with Crippen molar-refractivity contribution in [1.29, 1.82) is 0 Å². The number of aryl methyl sites for hydroxylation is 1. The van der Waals surface area contributed by atoms with E-state index in [1.54, 1.807) is 0 Å². The second kappa shape index (κ2) is 7.07. The van der Waals surface area contributed by atoms with Crippen LogP contribution in [0.1, 0.15) is 28.3 Å². The molecule has 23 heavy (non-hydrogen) atoms. The van der Waals surface area contributed by atoms with Crippen LogP contribution in [0.2, 0.25) is 0 Å². The zero-order chi connectivity index (χ0) is 16.1. The molecule has 0 aliphatic rings. The van der Waals surface area contributed by atoms with E-state index in [9.17, 15) is 0 Å². The second-order valence-corrected chi connectivity index (χ2v) is 5.65. The SMILES string of the molecule is Cc1cc(NCc2ccccc2)ncc1[C@@H](N)c1ccccc1. The van der Waals surface area contributed by atoms with Gasteiger partial charge in [-0.25, -0.2) is 4.98 Å². The third-order valence-corrected chi connectivity index (χ3v) is 3.96. The number of aromatic nitrogens is 1. The van der Waals surface area contributed by atoms with Crippen LogP contribution in [0.3, 0.4) is 0 Å². The van der Waals surface area contributed by atoms with Crippen molar-refractivity contribution >= 4 is 5.82 Å². The number of rotatable bonds is 5. The first-order valence-electron chi connectivity index (χ1n) is 7.79. The van der Waals surface area contributed by atoms with Gasteiger partial charge in [-0.05, 0) is 35.2 Å². The Morgan fingerprint density at radius 2 is 1.65 bits per heavy atom. The lowest BCUT2D eigenvalue weighted by molar-refractivity contribution is 0.852. The first kappa shape index (κ1) is 15.3. The van der Waals surface area contributed by atoms with E-state index in [0.29, 0.717) is 0 Å². The summed E-state index contributed by atoms with van der Waals surface area (Å²) in [5.41, 5.74) is 10.9. The quantitative estimate of drug-likeness (QED) is 0.747. The Hall–Kier alpha value is -2.65. The lowest BCUT2D eigenvalue weighted by Gasteiger charge is -2.16. The normalized spacial score (nSPS) is 11.9. The Balaban J connectivity index is 1.73. The largest absolute Gasteiger partial charge is 0.366 e. The summed E-state index contributed by atoms with van der Waals surface area (Å²) in [6.45, 7) is 2.84. The van der Waals surface area contributed by atoms with Crippen molar-refractivity contribution in [3.8, 4) is 0 Å². The van der Waals surface area contributed by atoms with Crippen LogP contribution in [-0.4, -0.2) is 4.98 Å². The first-order valence-corrected chi connectivity index (χ1v) is 7.79. The van der Waals surface area contributed by atoms with E-state index >= 15 is 0 Å². The number of nitrogens with zero attached hydrogens (tertiary/aromatic N) is 1. The molecule has 0 spiro atoms. The molecule has 0 saturated carbocycles. The van der Waals surface area contributed by atoms with Crippen molar-refractivity contribution in [3.05, 3.63) is 95.2 Å². The van der Waals surface area contributed by atoms with Gasteiger partial charge >= 0.3 is 0 Å². The standard InChI is InChI=1S/C20H21N3/c1-15-12-19(22-13-16-8-4-2-5-9-16)23-14-18(15)20(21)17-10-6-3-7-11-17/h2-12,14,20H,13,21H2,1H3,(H,22,23)/t20-/m0/s1. The molecule has 1 heterocycles. The highest BCUT2D eigenvalue weighted by atomic mass is 15.0. The molecule has 0 amide bonds. The van der Waals surface area contributed by atoms with Gasteiger partial charge in [0.05, 0.1) is 6.04 Å². The average molecular weight is 303 g/mol. The molecular formula is C20H21N3. The van der Waals surface area contributed by atoms with E-state index in [1.807, 2.05) is 54.7 Å². The minimum atomic E-state index is -0.146. The smallest absolute Gasteiger partial charge is 0.126 e. The number of pyridine rings is 1. The Kier molecular flexibility index (Phi) is 4.69. The van der Waals surface area contributed by atoms with Crippen LogP contribution in [0.5, 0.6) is 0 Å². The maximum absolute atomic E-state index is 6.37. The number of nitrogens with one attached hydrogen (secondary N) is 1. The Morgan fingerprint density at radius 3 is 2.30 bits per heavy atom. The van der Waals surface area contributed by atoms with Crippen LogP contribution in [-0.2, 0) is 6.54 Å². The fourth-order valence-corrected chi connectivity index (χ4v) is 2.62. The molecule has 3 N–H and O–H groups in total. The van der Waals surface area contributed by atoms with E-state index in [0.717, 1.165) is 29.1 Å². The van der Waals surface area contributed by atoms with Crippen molar-refractivity contribution in [1.82, 2.24) is 4.98 Å². The van der Waals surface area contributed by atoms with Crippen molar-refractivity contribution in [3.63, 3.8) is 0 Å². The van der Waals surface area contributed by atoms with Crippen molar-refractivity contribution in [2.24, 2.45) is 5.73 Å².